The number of aryl methyl sites for hydroxylation is 3. The quantitative estimate of drug-likeness (QED) is 0.545. The van der Waals surface area contributed by atoms with Crippen LogP contribution in [0.2, 0.25) is 0 Å². The summed E-state index contributed by atoms with van der Waals surface area (Å²) < 4.78 is 2.03. The van der Waals surface area contributed by atoms with E-state index in [-0.39, 0.29) is 0 Å². The van der Waals surface area contributed by atoms with Crippen LogP contribution in [-0.2, 0) is 13.1 Å². The summed E-state index contributed by atoms with van der Waals surface area (Å²) in [6.07, 6.45) is 4.05. The van der Waals surface area contributed by atoms with Crippen molar-refractivity contribution in [3.05, 3.63) is 51.4 Å². The van der Waals surface area contributed by atoms with Gasteiger partial charge in [-0.05, 0) is 45.4 Å². The Morgan fingerprint density at radius 1 is 1.24 bits per heavy atom. The van der Waals surface area contributed by atoms with Crippen molar-refractivity contribution < 1.29 is 0 Å². The molecule has 7 heteroatoms. The Hall–Kier alpha value is -2.41. The van der Waals surface area contributed by atoms with Crippen molar-refractivity contribution in [2.45, 2.75) is 40.8 Å². The molecule has 0 saturated heterocycles. The van der Waals surface area contributed by atoms with Gasteiger partial charge in [-0.25, -0.2) is 15.0 Å². The molecule has 0 aliphatic carbocycles. The maximum absolute atomic E-state index is 4.64. The van der Waals surface area contributed by atoms with Gasteiger partial charge in [0.1, 0.15) is 10.7 Å². The Labute approximate surface area is 152 Å². The molecule has 0 atom stereocenters. The van der Waals surface area contributed by atoms with E-state index in [0.29, 0.717) is 13.1 Å². The normalized spacial score (nSPS) is 11.9. The van der Waals surface area contributed by atoms with E-state index in [1.54, 1.807) is 11.3 Å². The Morgan fingerprint density at radius 2 is 2.08 bits per heavy atom. The number of rotatable bonds is 5. The molecule has 0 spiro atoms. The van der Waals surface area contributed by atoms with Gasteiger partial charge >= 0.3 is 0 Å². The van der Waals surface area contributed by atoms with Crippen molar-refractivity contribution in [1.29, 1.82) is 0 Å². The van der Waals surface area contributed by atoms with Crippen LogP contribution >= 0.6 is 11.3 Å². The highest BCUT2D eigenvalue weighted by molar-refractivity contribution is 7.11. The van der Waals surface area contributed by atoms with E-state index in [9.17, 15) is 0 Å². The highest BCUT2D eigenvalue weighted by Crippen LogP contribution is 2.16. The lowest BCUT2D eigenvalue weighted by atomic mass is 10.3. The van der Waals surface area contributed by atoms with Gasteiger partial charge in [-0.3, -0.25) is 0 Å². The molecule has 3 rings (SSSR count). The summed E-state index contributed by atoms with van der Waals surface area (Å²) in [5.74, 6) is 0.779. The first-order valence-corrected chi connectivity index (χ1v) is 9.26. The number of nitrogens with one attached hydrogen (secondary N) is 2. The third-order valence-corrected chi connectivity index (χ3v) is 4.96. The van der Waals surface area contributed by atoms with Crippen LogP contribution in [0.15, 0.2) is 29.5 Å². The van der Waals surface area contributed by atoms with E-state index in [1.807, 2.05) is 23.7 Å². The van der Waals surface area contributed by atoms with Crippen LogP contribution in [0.4, 0.5) is 0 Å². The number of thiazole rings is 1. The maximum atomic E-state index is 4.64. The molecule has 3 aromatic rings. The average Bonchev–Trinajstić information content (AvgIpc) is 3.12. The Kier molecular flexibility index (Phi) is 5.33. The third-order valence-electron chi connectivity index (χ3n) is 3.89. The lowest BCUT2D eigenvalue weighted by Gasteiger charge is -2.09. The van der Waals surface area contributed by atoms with Crippen LogP contribution in [-0.4, -0.2) is 26.9 Å². The van der Waals surface area contributed by atoms with E-state index < -0.39 is 0 Å². The summed E-state index contributed by atoms with van der Waals surface area (Å²) in [5.41, 5.74) is 4.21. The molecule has 0 aromatic carbocycles. The molecule has 0 radical (unpaired) electrons. The molecule has 3 aromatic heterocycles. The number of hydrogen-bond donors (Lipinski definition) is 2. The van der Waals surface area contributed by atoms with Crippen LogP contribution in [0.5, 0.6) is 0 Å². The Morgan fingerprint density at radius 3 is 2.80 bits per heavy atom. The fourth-order valence-electron chi connectivity index (χ4n) is 2.49. The Bertz CT molecular complexity index is 873. The van der Waals surface area contributed by atoms with Gasteiger partial charge in [0.25, 0.3) is 0 Å². The summed E-state index contributed by atoms with van der Waals surface area (Å²) >= 11 is 1.72. The first-order valence-electron chi connectivity index (χ1n) is 8.44. The van der Waals surface area contributed by atoms with Gasteiger partial charge < -0.3 is 15.0 Å². The van der Waals surface area contributed by atoms with Gasteiger partial charge in [0.15, 0.2) is 5.96 Å². The number of aliphatic imine (C=N–C) groups is 1. The van der Waals surface area contributed by atoms with Crippen LogP contribution in [0.25, 0.3) is 5.65 Å². The van der Waals surface area contributed by atoms with Gasteiger partial charge in [-0.1, -0.05) is 0 Å². The molecule has 25 heavy (non-hydrogen) atoms. The van der Waals surface area contributed by atoms with Gasteiger partial charge in [0, 0.05) is 23.8 Å². The minimum atomic E-state index is 0.534. The van der Waals surface area contributed by atoms with E-state index in [4.69, 9.17) is 0 Å². The number of imidazole rings is 1. The van der Waals surface area contributed by atoms with Crippen molar-refractivity contribution in [2.75, 3.05) is 6.54 Å². The summed E-state index contributed by atoms with van der Waals surface area (Å²) in [4.78, 5) is 15.1. The first-order chi connectivity index (χ1) is 12.0. The van der Waals surface area contributed by atoms with E-state index >= 15 is 0 Å². The molecule has 0 aliphatic rings. The predicted octanol–water partition coefficient (Wildman–Crippen LogP) is 2.97. The van der Waals surface area contributed by atoms with Crippen molar-refractivity contribution in [2.24, 2.45) is 4.99 Å². The molecule has 0 aliphatic heterocycles. The molecule has 0 bridgehead atoms. The number of hydrogen-bond acceptors (Lipinski definition) is 4. The van der Waals surface area contributed by atoms with Crippen LogP contribution in [0.3, 0.4) is 0 Å². The van der Waals surface area contributed by atoms with E-state index in [0.717, 1.165) is 34.5 Å². The van der Waals surface area contributed by atoms with Crippen LogP contribution < -0.4 is 10.6 Å². The fraction of sp³-hybridized carbons (Fsp3) is 0.389. The lowest BCUT2D eigenvalue weighted by Crippen LogP contribution is -2.36. The van der Waals surface area contributed by atoms with Crippen molar-refractivity contribution in [3.63, 3.8) is 0 Å². The molecular formula is C18H24N6S. The second-order valence-electron chi connectivity index (χ2n) is 6.00. The zero-order valence-corrected chi connectivity index (χ0v) is 15.9. The Balaban J connectivity index is 1.67. The molecule has 0 amide bonds. The molecule has 0 unspecified atom stereocenters. The fourth-order valence-corrected chi connectivity index (χ4v) is 3.36. The minimum absolute atomic E-state index is 0.534. The number of nitrogens with zero attached hydrogens (tertiary/aromatic N) is 4. The van der Waals surface area contributed by atoms with E-state index in [2.05, 4.69) is 58.5 Å². The van der Waals surface area contributed by atoms with Crippen molar-refractivity contribution in [3.8, 4) is 0 Å². The first kappa shape index (κ1) is 17.4. The summed E-state index contributed by atoms with van der Waals surface area (Å²) in [6.45, 7) is 10.3. The number of aromatic nitrogens is 3. The molecule has 3 heterocycles. The van der Waals surface area contributed by atoms with Gasteiger partial charge in [0.05, 0.1) is 24.5 Å². The second-order valence-corrected chi connectivity index (χ2v) is 7.29. The number of fused-ring (bicyclic) bond motifs is 1. The smallest absolute Gasteiger partial charge is 0.191 e. The third kappa shape index (κ3) is 4.36. The standard InChI is InChI=1S/C18H24N6S/c1-5-19-18(21-10-17-22-13(3)14(4)25-17)20-9-15-11-24-7-6-12(2)8-16(24)23-15/h6-8,11H,5,9-10H2,1-4H3,(H2,19,20,21). The second kappa shape index (κ2) is 7.65. The molecule has 0 saturated carbocycles. The van der Waals surface area contributed by atoms with Crippen molar-refractivity contribution in [1.82, 2.24) is 25.0 Å². The van der Waals surface area contributed by atoms with E-state index in [1.165, 1.54) is 10.4 Å². The largest absolute Gasteiger partial charge is 0.357 e. The monoisotopic (exact) mass is 356 g/mol. The van der Waals surface area contributed by atoms with Gasteiger partial charge in [0.2, 0.25) is 0 Å². The summed E-state index contributed by atoms with van der Waals surface area (Å²) in [5, 5.41) is 7.68. The summed E-state index contributed by atoms with van der Waals surface area (Å²) in [6, 6.07) is 4.15. The molecule has 2 N–H and O–H groups in total. The number of guanidine groups is 1. The van der Waals surface area contributed by atoms with Gasteiger partial charge in [-0.2, -0.15) is 0 Å². The topological polar surface area (TPSA) is 66.6 Å². The molecular weight excluding hydrogens is 332 g/mol. The zero-order chi connectivity index (χ0) is 17.8. The zero-order valence-electron chi connectivity index (χ0n) is 15.1. The average molecular weight is 356 g/mol. The minimum Gasteiger partial charge on any atom is -0.357 e. The maximum Gasteiger partial charge on any atom is 0.191 e. The van der Waals surface area contributed by atoms with Gasteiger partial charge in [-0.15, -0.1) is 11.3 Å². The number of pyridine rings is 1. The molecule has 6 nitrogen and oxygen atoms in total. The molecule has 132 valence electrons. The highest BCUT2D eigenvalue weighted by atomic mass is 32.1. The van der Waals surface area contributed by atoms with Crippen LogP contribution in [0.1, 0.15) is 33.8 Å². The predicted molar refractivity (Wildman–Crippen MR) is 103 cm³/mol. The SMILES string of the molecule is CCNC(=NCc1cn2ccc(C)cc2n1)NCc1nc(C)c(C)s1. The highest BCUT2D eigenvalue weighted by Gasteiger charge is 2.06. The summed E-state index contributed by atoms with van der Waals surface area (Å²) in [7, 11) is 0. The van der Waals surface area contributed by atoms with Crippen molar-refractivity contribution >= 4 is 22.9 Å². The van der Waals surface area contributed by atoms with Crippen LogP contribution in [0, 0.1) is 20.8 Å². The molecule has 0 fully saturated rings. The lowest BCUT2D eigenvalue weighted by molar-refractivity contribution is 0.807.